The second-order valence-corrected chi connectivity index (χ2v) is 5.23. The van der Waals surface area contributed by atoms with Gasteiger partial charge in [-0.2, -0.15) is 0 Å². The third kappa shape index (κ3) is 5.76. The highest BCUT2D eigenvalue weighted by Crippen LogP contribution is 2.08. The summed E-state index contributed by atoms with van der Waals surface area (Å²) >= 11 is 0. The predicted molar refractivity (Wildman–Crippen MR) is 91.2 cm³/mol. The molecular formula is C19H19NO5. The molecule has 25 heavy (non-hydrogen) atoms. The fourth-order valence-corrected chi connectivity index (χ4v) is 2.15. The molecule has 2 aromatic carbocycles. The molecule has 0 aromatic heterocycles. The minimum atomic E-state index is -0.677. The van der Waals surface area contributed by atoms with Gasteiger partial charge in [0.05, 0.1) is 18.2 Å². The molecule has 1 amide bonds. The average molecular weight is 341 g/mol. The lowest BCUT2D eigenvalue weighted by molar-refractivity contribution is -0.124. The Morgan fingerprint density at radius 3 is 2.28 bits per heavy atom. The number of ether oxygens (including phenoxy) is 2. The molecule has 2 aromatic rings. The smallest absolute Gasteiger partial charge is 0.338 e. The highest BCUT2D eigenvalue weighted by Gasteiger charge is 2.13. The number of hydrogen-bond acceptors (Lipinski definition) is 5. The summed E-state index contributed by atoms with van der Waals surface area (Å²) in [5, 5.41) is 2.69. The molecule has 0 aliphatic heterocycles. The maximum absolute atomic E-state index is 12.0. The van der Waals surface area contributed by atoms with Crippen molar-refractivity contribution in [1.29, 1.82) is 0 Å². The minimum Gasteiger partial charge on any atom is -0.465 e. The van der Waals surface area contributed by atoms with Gasteiger partial charge in [-0.15, -0.1) is 0 Å². The number of amides is 1. The van der Waals surface area contributed by atoms with Crippen LogP contribution in [-0.2, 0) is 20.7 Å². The number of hydrogen-bond donors (Lipinski definition) is 1. The second-order valence-electron chi connectivity index (χ2n) is 5.23. The number of esters is 2. The Kier molecular flexibility index (Phi) is 6.71. The summed E-state index contributed by atoms with van der Waals surface area (Å²) in [5.74, 6) is -1.61. The Morgan fingerprint density at radius 2 is 1.60 bits per heavy atom. The Labute approximate surface area is 145 Å². The minimum absolute atomic E-state index is 0.181. The zero-order valence-electron chi connectivity index (χ0n) is 13.9. The first kappa shape index (κ1) is 18.2. The van der Waals surface area contributed by atoms with Crippen molar-refractivity contribution >= 4 is 17.8 Å². The molecular weight excluding hydrogens is 322 g/mol. The van der Waals surface area contributed by atoms with Crippen LogP contribution in [0.15, 0.2) is 54.6 Å². The Hall–Kier alpha value is -3.15. The van der Waals surface area contributed by atoms with E-state index in [0.717, 1.165) is 5.56 Å². The van der Waals surface area contributed by atoms with Crippen LogP contribution in [-0.4, -0.2) is 38.1 Å². The summed E-state index contributed by atoms with van der Waals surface area (Å²) in [6.07, 6.45) is 0.696. The number of carbonyl (C=O) groups is 3. The molecule has 130 valence electrons. The summed E-state index contributed by atoms with van der Waals surface area (Å²) in [6, 6.07) is 15.7. The van der Waals surface area contributed by atoms with Gasteiger partial charge in [-0.25, -0.2) is 9.59 Å². The van der Waals surface area contributed by atoms with Gasteiger partial charge in [0.2, 0.25) is 0 Å². The van der Waals surface area contributed by atoms with Crippen LogP contribution >= 0.6 is 0 Å². The second kappa shape index (κ2) is 9.22. The molecule has 1 N–H and O–H groups in total. The maximum Gasteiger partial charge on any atom is 0.338 e. The molecule has 0 aliphatic rings. The molecule has 0 atom stereocenters. The van der Waals surface area contributed by atoms with Crippen LogP contribution in [0.1, 0.15) is 26.3 Å². The van der Waals surface area contributed by atoms with E-state index in [0.29, 0.717) is 13.0 Å². The van der Waals surface area contributed by atoms with Crippen LogP contribution in [0.25, 0.3) is 0 Å². The number of carbonyl (C=O) groups excluding carboxylic acids is 3. The van der Waals surface area contributed by atoms with Crippen LogP contribution in [0.3, 0.4) is 0 Å². The van der Waals surface area contributed by atoms with Crippen molar-refractivity contribution in [2.75, 3.05) is 20.3 Å². The topological polar surface area (TPSA) is 81.7 Å². The molecule has 0 bridgehead atoms. The zero-order chi connectivity index (χ0) is 18.1. The Balaban J connectivity index is 1.77. The molecule has 0 radical (unpaired) electrons. The SMILES string of the molecule is COC(=O)c1cccc(C(=O)OCC(=O)NCCc2ccccc2)c1. The molecule has 0 saturated heterocycles. The van der Waals surface area contributed by atoms with E-state index >= 15 is 0 Å². The Morgan fingerprint density at radius 1 is 0.920 bits per heavy atom. The maximum atomic E-state index is 12.0. The van der Waals surface area contributed by atoms with Crippen LogP contribution in [0, 0.1) is 0 Å². The van der Waals surface area contributed by atoms with Crippen LogP contribution < -0.4 is 5.32 Å². The molecule has 6 heteroatoms. The first-order valence-corrected chi connectivity index (χ1v) is 7.76. The van der Waals surface area contributed by atoms with Gasteiger partial charge in [0.1, 0.15) is 0 Å². The molecule has 0 saturated carbocycles. The van der Waals surface area contributed by atoms with Gasteiger partial charge in [0.15, 0.2) is 6.61 Å². The highest BCUT2D eigenvalue weighted by molar-refractivity contribution is 5.95. The fraction of sp³-hybridized carbons (Fsp3) is 0.211. The summed E-state index contributed by atoms with van der Waals surface area (Å²) in [6.45, 7) is 0.0777. The third-order valence-electron chi connectivity index (χ3n) is 3.43. The quantitative estimate of drug-likeness (QED) is 0.779. The van der Waals surface area contributed by atoms with E-state index < -0.39 is 11.9 Å². The van der Waals surface area contributed by atoms with Gasteiger partial charge in [0.25, 0.3) is 5.91 Å². The van der Waals surface area contributed by atoms with Crippen molar-refractivity contribution in [2.24, 2.45) is 0 Å². The zero-order valence-corrected chi connectivity index (χ0v) is 13.9. The predicted octanol–water partition coefficient (Wildman–Crippen LogP) is 1.99. The van der Waals surface area contributed by atoms with E-state index in [2.05, 4.69) is 10.1 Å². The summed E-state index contributed by atoms with van der Waals surface area (Å²) in [7, 11) is 1.26. The van der Waals surface area contributed by atoms with Gasteiger partial charge in [0, 0.05) is 6.54 Å². The summed E-state index contributed by atoms with van der Waals surface area (Å²) in [5.41, 5.74) is 1.53. The van der Waals surface area contributed by atoms with Gasteiger partial charge in [-0.1, -0.05) is 36.4 Å². The normalized spacial score (nSPS) is 9.96. The number of rotatable bonds is 7. The van der Waals surface area contributed by atoms with Crippen molar-refractivity contribution < 1.29 is 23.9 Å². The third-order valence-corrected chi connectivity index (χ3v) is 3.43. The van der Waals surface area contributed by atoms with Crippen molar-refractivity contribution in [3.8, 4) is 0 Å². The van der Waals surface area contributed by atoms with Crippen LogP contribution in [0.2, 0.25) is 0 Å². The monoisotopic (exact) mass is 341 g/mol. The number of methoxy groups -OCH3 is 1. The van der Waals surface area contributed by atoms with E-state index in [1.807, 2.05) is 30.3 Å². The van der Waals surface area contributed by atoms with Crippen molar-refractivity contribution in [3.05, 3.63) is 71.3 Å². The lowest BCUT2D eigenvalue weighted by Gasteiger charge is -2.07. The van der Waals surface area contributed by atoms with Gasteiger partial charge in [-0.3, -0.25) is 4.79 Å². The molecule has 0 unspecified atom stereocenters. The van der Waals surface area contributed by atoms with Gasteiger partial charge in [-0.05, 0) is 30.2 Å². The molecule has 0 aliphatic carbocycles. The van der Waals surface area contributed by atoms with E-state index in [1.54, 1.807) is 6.07 Å². The number of benzene rings is 2. The largest absolute Gasteiger partial charge is 0.465 e. The van der Waals surface area contributed by atoms with Crippen LogP contribution in [0.5, 0.6) is 0 Å². The lowest BCUT2D eigenvalue weighted by atomic mass is 10.1. The molecule has 0 spiro atoms. The van der Waals surface area contributed by atoms with Crippen molar-refractivity contribution in [2.45, 2.75) is 6.42 Å². The molecule has 0 heterocycles. The van der Waals surface area contributed by atoms with E-state index in [4.69, 9.17) is 4.74 Å². The standard InChI is InChI=1S/C19H19NO5/c1-24-18(22)15-8-5-9-16(12-15)19(23)25-13-17(21)20-11-10-14-6-3-2-4-7-14/h2-9,12H,10-11,13H2,1H3,(H,20,21). The van der Waals surface area contributed by atoms with E-state index in [9.17, 15) is 14.4 Å². The van der Waals surface area contributed by atoms with Gasteiger partial charge < -0.3 is 14.8 Å². The average Bonchev–Trinajstić information content (AvgIpc) is 2.66. The van der Waals surface area contributed by atoms with Crippen molar-refractivity contribution in [3.63, 3.8) is 0 Å². The highest BCUT2D eigenvalue weighted by atomic mass is 16.5. The first-order chi connectivity index (χ1) is 12.1. The molecule has 6 nitrogen and oxygen atoms in total. The lowest BCUT2D eigenvalue weighted by Crippen LogP contribution is -2.30. The number of nitrogens with one attached hydrogen (secondary N) is 1. The first-order valence-electron chi connectivity index (χ1n) is 7.76. The van der Waals surface area contributed by atoms with Gasteiger partial charge >= 0.3 is 11.9 Å². The molecule has 2 rings (SSSR count). The van der Waals surface area contributed by atoms with Crippen LogP contribution in [0.4, 0.5) is 0 Å². The Bertz CT molecular complexity index is 742. The summed E-state index contributed by atoms with van der Waals surface area (Å²) in [4.78, 5) is 35.1. The van der Waals surface area contributed by atoms with Crippen molar-refractivity contribution in [1.82, 2.24) is 5.32 Å². The van der Waals surface area contributed by atoms with E-state index in [-0.39, 0.29) is 23.6 Å². The molecule has 0 fully saturated rings. The fourth-order valence-electron chi connectivity index (χ4n) is 2.15. The summed E-state index contributed by atoms with van der Waals surface area (Å²) < 4.78 is 9.55. The van der Waals surface area contributed by atoms with E-state index in [1.165, 1.54) is 25.3 Å².